The second-order valence-electron chi connectivity index (χ2n) is 5.92. The van der Waals surface area contributed by atoms with Crippen molar-refractivity contribution in [1.29, 1.82) is 0 Å². The molecule has 110 valence electrons. The van der Waals surface area contributed by atoms with Crippen LogP contribution in [0.3, 0.4) is 0 Å². The number of anilines is 1. The highest BCUT2D eigenvalue weighted by molar-refractivity contribution is 6.27. The van der Waals surface area contributed by atoms with Gasteiger partial charge in [0.25, 0.3) is 0 Å². The van der Waals surface area contributed by atoms with Crippen molar-refractivity contribution >= 4 is 17.5 Å². The molecule has 1 aliphatic heterocycles. The minimum absolute atomic E-state index is 0.203. The van der Waals surface area contributed by atoms with Crippen molar-refractivity contribution in [3.05, 3.63) is 66.2 Å². The lowest BCUT2D eigenvalue weighted by atomic mass is 9.91. The SMILES string of the molecule is O=C1C2CC2(C(O)c2ccccc2)C(=O)N1c1ccccc1. The number of carbonyl (C=O) groups excluding carboxylic acids is 2. The third kappa shape index (κ3) is 1.61. The summed E-state index contributed by atoms with van der Waals surface area (Å²) in [7, 11) is 0. The van der Waals surface area contributed by atoms with Gasteiger partial charge < -0.3 is 5.11 Å². The van der Waals surface area contributed by atoms with E-state index in [1.165, 1.54) is 4.90 Å². The quantitative estimate of drug-likeness (QED) is 0.883. The van der Waals surface area contributed by atoms with Crippen LogP contribution >= 0.6 is 0 Å². The van der Waals surface area contributed by atoms with E-state index in [9.17, 15) is 14.7 Å². The number of fused-ring (bicyclic) bond motifs is 1. The molecule has 2 amide bonds. The summed E-state index contributed by atoms with van der Waals surface area (Å²) in [6.45, 7) is 0. The number of imide groups is 1. The van der Waals surface area contributed by atoms with Crippen LogP contribution in [0.5, 0.6) is 0 Å². The zero-order valence-corrected chi connectivity index (χ0v) is 11.8. The molecule has 2 fully saturated rings. The van der Waals surface area contributed by atoms with Crippen molar-refractivity contribution in [1.82, 2.24) is 0 Å². The number of para-hydroxylation sites is 1. The molecule has 1 saturated heterocycles. The molecular weight excluding hydrogens is 278 g/mol. The van der Waals surface area contributed by atoms with Crippen molar-refractivity contribution in [2.75, 3.05) is 4.90 Å². The van der Waals surface area contributed by atoms with E-state index in [1.807, 2.05) is 24.3 Å². The topological polar surface area (TPSA) is 57.6 Å². The van der Waals surface area contributed by atoms with Gasteiger partial charge in [-0.1, -0.05) is 48.5 Å². The second kappa shape index (κ2) is 4.52. The summed E-state index contributed by atoms with van der Waals surface area (Å²) in [6.07, 6.45) is -0.506. The fourth-order valence-electron chi connectivity index (χ4n) is 3.46. The minimum Gasteiger partial charge on any atom is -0.387 e. The summed E-state index contributed by atoms with van der Waals surface area (Å²) in [5.41, 5.74) is 0.277. The molecule has 0 bridgehead atoms. The number of piperidine rings is 1. The van der Waals surface area contributed by atoms with Crippen LogP contribution in [0.2, 0.25) is 0 Å². The first-order chi connectivity index (χ1) is 10.7. The summed E-state index contributed by atoms with van der Waals surface area (Å²) in [6, 6.07) is 18.0. The van der Waals surface area contributed by atoms with E-state index in [0.29, 0.717) is 17.7 Å². The van der Waals surface area contributed by atoms with Crippen LogP contribution in [0.1, 0.15) is 18.1 Å². The molecule has 2 aromatic carbocycles. The Bertz CT molecular complexity index is 743. The molecule has 22 heavy (non-hydrogen) atoms. The number of aliphatic hydroxyl groups is 1. The molecule has 3 atom stereocenters. The van der Waals surface area contributed by atoms with E-state index in [2.05, 4.69) is 0 Å². The number of hydrogen-bond acceptors (Lipinski definition) is 3. The largest absolute Gasteiger partial charge is 0.387 e. The molecule has 4 heteroatoms. The highest BCUT2D eigenvalue weighted by Crippen LogP contribution is 2.66. The van der Waals surface area contributed by atoms with Crippen LogP contribution in [-0.2, 0) is 9.59 Å². The first-order valence-electron chi connectivity index (χ1n) is 7.33. The van der Waals surface area contributed by atoms with Crippen LogP contribution in [0.15, 0.2) is 60.7 Å². The number of carbonyl (C=O) groups is 2. The van der Waals surface area contributed by atoms with Gasteiger partial charge in [0.1, 0.15) is 0 Å². The van der Waals surface area contributed by atoms with E-state index in [-0.39, 0.29) is 11.8 Å². The maximum absolute atomic E-state index is 12.8. The van der Waals surface area contributed by atoms with E-state index in [1.54, 1.807) is 36.4 Å². The fraction of sp³-hybridized carbons (Fsp3) is 0.222. The fourth-order valence-corrected chi connectivity index (χ4v) is 3.46. The zero-order chi connectivity index (χ0) is 15.3. The maximum atomic E-state index is 12.8. The number of nitrogens with zero attached hydrogens (tertiary/aromatic N) is 1. The Morgan fingerprint density at radius 1 is 1.00 bits per heavy atom. The van der Waals surface area contributed by atoms with Crippen molar-refractivity contribution in [2.24, 2.45) is 11.3 Å². The summed E-state index contributed by atoms with van der Waals surface area (Å²) >= 11 is 0. The van der Waals surface area contributed by atoms with Crippen molar-refractivity contribution in [2.45, 2.75) is 12.5 Å². The number of benzene rings is 2. The van der Waals surface area contributed by atoms with Gasteiger partial charge in [-0.05, 0) is 24.1 Å². The summed E-state index contributed by atoms with van der Waals surface area (Å²) in [5.74, 6) is -0.897. The van der Waals surface area contributed by atoms with Crippen LogP contribution in [-0.4, -0.2) is 16.9 Å². The first-order valence-corrected chi connectivity index (χ1v) is 7.33. The van der Waals surface area contributed by atoms with E-state index in [4.69, 9.17) is 0 Å². The molecule has 3 unspecified atom stereocenters. The Hall–Kier alpha value is -2.46. The van der Waals surface area contributed by atoms with Gasteiger partial charge in [-0.15, -0.1) is 0 Å². The molecule has 1 aliphatic carbocycles. The van der Waals surface area contributed by atoms with Crippen molar-refractivity contribution in [3.63, 3.8) is 0 Å². The summed E-state index contributed by atoms with van der Waals surface area (Å²) < 4.78 is 0. The highest BCUT2D eigenvalue weighted by atomic mass is 16.3. The molecule has 1 N–H and O–H groups in total. The van der Waals surface area contributed by atoms with Crippen molar-refractivity contribution in [3.8, 4) is 0 Å². The van der Waals surface area contributed by atoms with E-state index >= 15 is 0 Å². The van der Waals surface area contributed by atoms with Crippen molar-refractivity contribution < 1.29 is 14.7 Å². The average molecular weight is 293 g/mol. The standard InChI is InChI=1S/C18H15NO3/c20-15(12-7-3-1-4-8-12)18-11-14(18)16(21)19(17(18)22)13-9-5-2-6-10-13/h1-10,14-15,20H,11H2. The second-order valence-corrected chi connectivity index (χ2v) is 5.92. The molecule has 4 rings (SSSR count). The van der Waals surface area contributed by atoms with Crippen LogP contribution in [0, 0.1) is 11.3 Å². The number of rotatable bonds is 3. The molecular formula is C18H15NO3. The average Bonchev–Trinajstić information content (AvgIpc) is 3.28. The maximum Gasteiger partial charge on any atom is 0.243 e. The highest BCUT2D eigenvalue weighted by Gasteiger charge is 2.75. The molecule has 0 aromatic heterocycles. The van der Waals surface area contributed by atoms with Gasteiger partial charge in [-0.3, -0.25) is 9.59 Å². The molecule has 4 nitrogen and oxygen atoms in total. The normalized spacial score (nSPS) is 27.7. The number of hydrogen-bond donors (Lipinski definition) is 1. The van der Waals surface area contributed by atoms with Gasteiger partial charge in [-0.25, -0.2) is 4.90 Å². The lowest BCUT2D eigenvalue weighted by molar-refractivity contribution is -0.127. The lowest BCUT2D eigenvalue weighted by Gasteiger charge is -2.23. The van der Waals surface area contributed by atoms with Crippen LogP contribution < -0.4 is 4.90 Å². The van der Waals surface area contributed by atoms with E-state index in [0.717, 1.165) is 0 Å². The van der Waals surface area contributed by atoms with Gasteiger partial charge in [0.15, 0.2) is 0 Å². The van der Waals surface area contributed by atoms with Crippen LogP contribution in [0.25, 0.3) is 0 Å². The summed E-state index contributed by atoms with van der Waals surface area (Å²) in [5, 5.41) is 10.7. The zero-order valence-electron chi connectivity index (χ0n) is 11.8. The molecule has 1 saturated carbocycles. The van der Waals surface area contributed by atoms with Crippen LogP contribution in [0.4, 0.5) is 5.69 Å². The Kier molecular flexibility index (Phi) is 2.71. The number of amides is 2. The smallest absolute Gasteiger partial charge is 0.243 e. The number of aliphatic hydroxyl groups excluding tert-OH is 1. The van der Waals surface area contributed by atoms with Gasteiger partial charge >= 0.3 is 0 Å². The molecule has 2 aliphatic rings. The van der Waals surface area contributed by atoms with Gasteiger partial charge in [0, 0.05) is 0 Å². The Labute approximate surface area is 128 Å². The molecule has 2 aromatic rings. The van der Waals surface area contributed by atoms with E-state index < -0.39 is 17.4 Å². The van der Waals surface area contributed by atoms with Gasteiger partial charge in [0.2, 0.25) is 11.8 Å². The minimum atomic E-state index is -0.978. The third-order valence-electron chi connectivity index (χ3n) is 4.74. The third-order valence-corrected chi connectivity index (χ3v) is 4.74. The Morgan fingerprint density at radius 3 is 2.23 bits per heavy atom. The Morgan fingerprint density at radius 2 is 1.59 bits per heavy atom. The predicted octanol–water partition coefficient (Wildman–Crippen LogP) is 2.30. The molecule has 0 spiro atoms. The monoisotopic (exact) mass is 293 g/mol. The van der Waals surface area contributed by atoms with Gasteiger partial charge in [0.05, 0.1) is 23.1 Å². The molecule has 1 heterocycles. The summed E-state index contributed by atoms with van der Waals surface area (Å²) in [4.78, 5) is 26.6. The molecule has 0 radical (unpaired) electrons. The first kappa shape index (κ1) is 13.2. The predicted molar refractivity (Wildman–Crippen MR) is 80.9 cm³/mol. The van der Waals surface area contributed by atoms with Gasteiger partial charge in [-0.2, -0.15) is 0 Å². The Balaban J connectivity index is 1.71. The lowest BCUT2D eigenvalue weighted by Crippen LogP contribution is -2.36.